The van der Waals surface area contributed by atoms with E-state index in [-0.39, 0.29) is 5.82 Å². The summed E-state index contributed by atoms with van der Waals surface area (Å²) >= 11 is 5.84. The lowest BCUT2D eigenvalue weighted by molar-refractivity contribution is 0.101. The van der Waals surface area contributed by atoms with Crippen molar-refractivity contribution in [2.45, 2.75) is 0 Å². The van der Waals surface area contributed by atoms with Crippen molar-refractivity contribution in [3.8, 4) is 0 Å². The lowest BCUT2D eigenvalue weighted by Crippen LogP contribution is -2.13. The fourth-order valence-corrected chi connectivity index (χ4v) is 1.77. The van der Waals surface area contributed by atoms with Crippen molar-refractivity contribution in [1.82, 2.24) is 19.6 Å². The van der Waals surface area contributed by atoms with Gasteiger partial charge in [0.2, 0.25) is 5.82 Å². The van der Waals surface area contributed by atoms with Gasteiger partial charge < -0.3 is 5.32 Å². The second kappa shape index (κ2) is 4.66. The smallest absolute Gasteiger partial charge is 0.295 e. The molecular formula is C12H8ClN5O. The third kappa shape index (κ3) is 2.38. The quantitative estimate of drug-likeness (QED) is 0.775. The molecule has 2 heterocycles. The number of anilines is 1. The molecule has 3 aromatic rings. The van der Waals surface area contributed by atoms with Gasteiger partial charge in [0, 0.05) is 23.1 Å². The van der Waals surface area contributed by atoms with Gasteiger partial charge in [0.05, 0.1) is 0 Å². The number of fused-ring (bicyclic) bond motifs is 1. The Labute approximate surface area is 113 Å². The summed E-state index contributed by atoms with van der Waals surface area (Å²) < 4.78 is 1.44. The van der Waals surface area contributed by atoms with E-state index >= 15 is 0 Å². The SMILES string of the molecule is O=C(Nc1cccc(Cl)c1)c1nc2ncccn2n1. The summed E-state index contributed by atoms with van der Waals surface area (Å²) in [6, 6.07) is 8.56. The van der Waals surface area contributed by atoms with Crippen molar-refractivity contribution in [1.29, 1.82) is 0 Å². The fraction of sp³-hybridized carbons (Fsp3) is 0. The average Bonchev–Trinajstić information content (AvgIpc) is 2.82. The van der Waals surface area contributed by atoms with E-state index in [0.717, 1.165) is 0 Å². The molecular weight excluding hydrogens is 266 g/mol. The molecule has 19 heavy (non-hydrogen) atoms. The maximum atomic E-state index is 12.0. The average molecular weight is 274 g/mol. The second-order valence-electron chi connectivity index (χ2n) is 3.76. The number of amides is 1. The lowest BCUT2D eigenvalue weighted by Gasteiger charge is -2.01. The molecule has 0 bridgehead atoms. The molecule has 1 aromatic carbocycles. The molecule has 0 radical (unpaired) electrons. The van der Waals surface area contributed by atoms with Crippen molar-refractivity contribution in [3.63, 3.8) is 0 Å². The molecule has 1 N–H and O–H groups in total. The Morgan fingerprint density at radius 2 is 2.21 bits per heavy atom. The Balaban J connectivity index is 1.87. The van der Waals surface area contributed by atoms with E-state index < -0.39 is 5.91 Å². The minimum absolute atomic E-state index is 0.0543. The van der Waals surface area contributed by atoms with E-state index in [0.29, 0.717) is 16.5 Å². The van der Waals surface area contributed by atoms with Crippen molar-refractivity contribution < 1.29 is 4.79 Å². The first-order valence-corrected chi connectivity index (χ1v) is 5.84. The predicted molar refractivity (Wildman–Crippen MR) is 70.2 cm³/mol. The molecule has 0 unspecified atom stereocenters. The van der Waals surface area contributed by atoms with Crippen LogP contribution < -0.4 is 5.32 Å². The van der Waals surface area contributed by atoms with Crippen molar-refractivity contribution in [3.05, 3.63) is 53.6 Å². The first-order chi connectivity index (χ1) is 9.22. The maximum Gasteiger partial charge on any atom is 0.295 e. The van der Waals surface area contributed by atoms with Gasteiger partial charge in [0.15, 0.2) is 0 Å². The Morgan fingerprint density at radius 1 is 1.32 bits per heavy atom. The van der Waals surface area contributed by atoms with Crippen LogP contribution in [0.4, 0.5) is 5.69 Å². The molecule has 0 fully saturated rings. The van der Waals surface area contributed by atoms with Crippen LogP contribution in [0.15, 0.2) is 42.7 Å². The Bertz CT molecular complexity index is 721. The minimum Gasteiger partial charge on any atom is -0.319 e. The van der Waals surface area contributed by atoms with Crippen molar-refractivity contribution >= 4 is 29.0 Å². The largest absolute Gasteiger partial charge is 0.319 e. The fourth-order valence-electron chi connectivity index (χ4n) is 1.58. The highest BCUT2D eigenvalue weighted by Crippen LogP contribution is 2.15. The zero-order valence-corrected chi connectivity index (χ0v) is 10.4. The van der Waals surface area contributed by atoms with Gasteiger partial charge in [-0.15, -0.1) is 5.10 Å². The van der Waals surface area contributed by atoms with Crippen LogP contribution in [-0.4, -0.2) is 25.5 Å². The number of halogens is 1. The second-order valence-corrected chi connectivity index (χ2v) is 4.20. The van der Waals surface area contributed by atoms with Gasteiger partial charge in [-0.3, -0.25) is 4.79 Å². The number of nitrogens with one attached hydrogen (secondary N) is 1. The van der Waals surface area contributed by atoms with Crippen LogP contribution in [0.2, 0.25) is 5.02 Å². The summed E-state index contributed by atoms with van der Waals surface area (Å²) in [5.41, 5.74) is 0.587. The van der Waals surface area contributed by atoms with Crippen LogP contribution in [-0.2, 0) is 0 Å². The van der Waals surface area contributed by atoms with Crippen LogP contribution in [0, 0.1) is 0 Å². The van der Waals surface area contributed by atoms with E-state index in [1.54, 1.807) is 42.7 Å². The molecule has 7 heteroatoms. The highest BCUT2D eigenvalue weighted by molar-refractivity contribution is 6.30. The highest BCUT2D eigenvalue weighted by Gasteiger charge is 2.13. The molecule has 0 spiro atoms. The van der Waals surface area contributed by atoms with Gasteiger partial charge >= 0.3 is 0 Å². The minimum atomic E-state index is -0.409. The number of aromatic nitrogens is 4. The molecule has 0 atom stereocenters. The van der Waals surface area contributed by atoms with E-state index in [1.165, 1.54) is 4.52 Å². The first-order valence-electron chi connectivity index (χ1n) is 5.47. The van der Waals surface area contributed by atoms with Crippen LogP contribution >= 0.6 is 11.6 Å². The number of carbonyl (C=O) groups excluding carboxylic acids is 1. The molecule has 2 aromatic heterocycles. The molecule has 0 aliphatic carbocycles. The molecule has 6 nitrogen and oxygen atoms in total. The summed E-state index contributed by atoms with van der Waals surface area (Å²) in [4.78, 5) is 20.0. The number of rotatable bonds is 2. The summed E-state index contributed by atoms with van der Waals surface area (Å²) in [6.45, 7) is 0. The van der Waals surface area contributed by atoms with Crippen LogP contribution in [0.25, 0.3) is 5.78 Å². The van der Waals surface area contributed by atoms with Gasteiger partial charge in [-0.2, -0.15) is 4.98 Å². The molecule has 0 saturated carbocycles. The number of hydrogen-bond donors (Lipinski definition) is 1. The molecule has 3 rings (SSSR count). The Hall–Kier alpha value is -2.47. The van der Waals surface area contributed by atoms with Gasteiger partial charge in [0.25, 0.3) is 11.7 Å². The summed E-state index contributed by atoms with van der Waals surface area (Å²) in [5.74, 6) is 0.0187. The highest BCUT2D eigenvalue weighted by atomic mass is 35.5. The summed E-state index contributed by atoms with van der Waals surface area (Å²) in [5, 5.41) is 7.24. The standard InChI is InChI=1S/C12H8ClN5O/c13-8-3-1-4-9(7-8)15-11(19)10-16-12-14-5-2-6-18(12)17-10/h1-7H,(H,15,19). The van der Waals surface area contributed by atoms with Gasteiger partial charge in [-0.1, -0.05) is 17.7 Å². The zero-order valence-electron chi connectivity index (χ0n) is 9.62. The van der Waals surface area contributed by atoms with Gasteiger partial charge in [0.1, 0.15) is 0 Å². The Kier molecular flexibility index (Phi) is 2.85. The zero-order chi connectivity index (χ0) is 13.2. The van der Waals surface area contributed by atoms with Crippen LogP contribution in [0.3, 0.4) is 0 Å². The third-order valence-electron chi connectivity index (χ3n) is 2.40. The Morgan fingerprint density at radius 3 is 3.00 bits per heavy atom. The van der Waals surface area contributed by atoms with Gasteiger partial charge in [-0.25, -0.2) is 9.50 Å². The normalized spacial score (nSPS) is 10.6. The third-order valence-corrected chi connectivity index (χ3v) is 2.64. The predicted octanol–water partition coefficient (Wildman–Crippen LogP) is 2.03. The van der Waals surface area contributed by atoms with Crippen molar-refractivity contribution in [2.75, 3.05) is 5.32 Å². The first kappa shape index (κ1) is 11.6. The van der Waals surface area contributed by atoms with Gasteiger partial charge in [-0.05, 0) is 24.3 Å². The van der Waals surface area contributed by atoms with Crippen LogP contribution in [0.5, 0.6) is 0 Å². The number of hydrogen-bond acceptors (Lipinski definition) is 4. The molecule has 0 aliphatic rings. The van der Waals surface area contributed by atoms with E-state index in [9.17, 15) is 4.79 Å². The number of carbonyl (C=O) groups is 1. The monoisotopic (exact) mass is 273 g/mol. The number of nitrogens with zero attached hydrogens (tertiary/aromatic N) is 4. The summed E-state index contributed by atoms with van der Waals surface area (Å²) in [7, 11) is 0. The molecule has 1 amide bonds. The molecule has 0 saturated heterocycles. The van der Waals surface area contributed by atoms with E-state index in [4.69, 9.17) is 11.6 Å². The van der Waals surface area contributed by atoms with Crippen molar-refractivity contribution in [2.24, 2.45) is 0 Å². The van der Waals surface area contributed by atoms with E-state index in [1.807, 2.05) is 0 Å². The topological polar surface area (TPSA) is 72.2 Å². The molecule has 94 valence electrons. The molecule has 0 aliphatic heterocycles. The van der Waals surface area contributed by atoms with E-state index in [2.05, 4.69) is 20.4 Å². The number of benzene rings is 1. The van der Waals surface area contributed by atoms with Crippen LogP contribution in [0.1, 0.15) is 10.6 Å². The lowest BCUT2D eigenvalue weighted by atomic mass is 10.3. The summed E-state index contributed by atoms with van der Waals surface area (Å²) in [6.07, 6.45) is 3.26. The maximum absolute atomic E-state index is 12.0.